The molecule has 0 saturated carbocycles. The summed E-state index contributed by atoms with van der Waals surface area (Å²) in [5, 5.41) is 5.66. The van der Waals surface area contributed by atoms with Gasteiger partial charge >= 0.3 is 11.8 Å². The maximum atomic E-state index is 11.9. The van der Waals surface area contributed by atoms with Gasteiger partial charge in [0.15, 0.2) is 0 Å². The Balaban J connectivity index is 1.94. The minimum absolute atomic E-state index is 0.226. The van der Waals surface area contributed by atoms with Gasteiger partial charge in [-0.05, 0) is 29.3 Å². The highest BCUT2D eigenvalue weighted by molar-refractivity contribution is 6.42. The van der Waals surface area contributed by atoms with E-state index in [-0.39, 0.29) is 12.2 Å². The molecular formula is C16H15Cl2N3O2. The molecule has 0 fully saturated rings. The lowest BCUT2D eigenvalue weighted by Crippen LogP contribution is -2.35. The van der Waals surface area contributed by atoms with Crippen LogP contribution in [0.15, 0.2) is 42.5 Å². The molecule has 0 aliphatic heterocycles. The Kier molecular flexibility index (Phi) is 5.98. The average Bonchev–Trinajstić information content (AvgIpc) is 2.56. The third-order valence-electron chi connectivity index (χ3n) is 3.06. The normalized spacial score (nSPS) is 10.2. The number of carbonyl (C=O) groups is 2. The van der Waals surface area contributed by atoms with E-state index in [1.807, 2.05) is 24.3 Å². The van der Waals surface area contributed by atoms with Gasteiger partial charge in [0, 0.05) is 18.1 Å². The van der Waals surface area contributed by atoms with Gasteiger partial charge in [-0.1, -0.05) is 47.5 Å². The summed E-state index contributed by atoms with van der Waals surface area (Å²) in [4.78, 5) is 23.7. The van der Waals surface area contributed by atoms with Crippen LogP contribution >= 0.6 is 23.2 Å². The van der Waals surface area contributed by atoms with Crippen molar-refractivity contribution in [3.8, 4) is 0 Å². The van der Waals surface area contributed by atoms with E-state index in [1.54, 1.807) is 6.07 Å². The predicted octanol–water partition coefficient (Wildman–Crippen LogP) is 2.71. The van der Waals surface area contributed by atoms with Crippen LogP contribution in [0.25, 0.3) is 0 Å². The number of rotatable bonds is 4. The second-order valence-corrected chi connectivity index (χ2v) is 5.63. The quantitative estimate of drug-likeness (QED) is 0.740. The number of nitrogens with two attached hydrogens (primary N) is 1. The van der Waals surface area contributed by atoms with Gasteiger partial charge in [0.05, 0.1) is 10.7 Å². The summed E-state index contributed by atoms with van der Waals surface area (Å²) in [7, 11) is 0. The van der Waals surface area contributed by atoms with Gasteiger partial charge in [-0.25, -0.2) is 0 Å². The molecule has 2 aromatic rings. The molecule has 0 unspecified atom stereocenters. The molecule has 0 aliphatic rings. The molecule has 0 heterocycles. The first-order valence-corrected chi connectivity index (χ1v) is 7.57. The first kappa shape index (κ1) is 17.3. The predicted molar refractivity (Wildman–Crippen MR) is 91.3 cm³/mol. The minimum atomic E-state index is -0.816. The Morgan fingerprint density at radius 2 is 1.74 bits per heavy atom. The topological polar surface area (TPSA) is 84.2 Å². The van der Waals surface area contributed by atoms with Gasteiger partial charge in [-0.15, -0.1) is 0 Å². The van der Waals surface area contributed by atoms with Crippen LogP contribution in [-0.2, 0) is 22.7 Å². The van der Waals surface area contributed by atoms with Crippen molar-refractivity contribution in [2.24, 2.45) is 5.73 Å². The molecule has 2 aromatic carbocycles. The van der Waals surface area contributed by atoms with Gasteiger partial charge in [0.2, 0.25) is 0 Å². The number of anilines is 1. The molecule has 2 amide bonds. The maximum Gasteiger partial charge on any atom is 0.313 e. The summed E-state index contributed by atoms with van der Waals surface area (Å²) in [5.41, 5.74) is 7.65. The zero-order valence-electron chi connectivity index (χ0n) is 12.1. The van der Waals surface area contributed by atoms with Crippen LogP contribution in [0.5, 0.6) is 0 Å². The van der Waals surface area contributed by atoms with Crippen molar-refractivity contribution in [2.75, 3.05) is 5.32 Å². The largest absolute Gasteiger partial charge is 0.344 e. The standard InChI is InChI=1S/C16H15Cl2N3O2/c17-12-4-5-13(18)14(7-12)21-16(23)15(22)20-9-11-3-1-2-10(6-11)8-19/h1-7H,8-9,19H2,(H,20,22)(H,21,23). The third kappa shape index (κ3) is 4.96. The Labute approximate surface area is 143 Å². The monoisotopic (exact) mass is 351 g/mol. The summed E-state index contributed by atoms with van der Waals surface area (Å²) < 4.78 is 0. The van der Waals surface area contributed by atoms with Crippen molar-refractivity contribution in [3.05, 3.63) is 63.6 Å². The zero-order chi connectivity index (χ0) is 16.8. The van der Waals surface area contributed by atoms with Crippen LogP contribution in [0, 0.1) is 0 Å². The van der Waals surface area contributed by atoms with Gasteiger partial charge in [-0.3, -0.25) is 9.59 Å². The summed E-state index contributed by atoms with van der Waals surface area (Å²) >= 11 is 11.8. The highest BCUT2D eigenvalue weighted by atomic mass is 35.5. The molecule has 120 valence electrons. The number of carbonyl (C=O) groups excluding carboxylic acids is 2. The molecular weight excluding hydrogens is 337 g/mol. The van der Waals surface area contributed by atoms with Crippen LogP contribution in [0.2, 0.25) is 10.0 Å². The molecule has 0 aromatic heterocycles. The van der Waals surface area contributed by atoms with E-state index in [2.05, 4.69) is 10.6 Å². The Morgan fingerprint density at radius 1 is 1.00 bits per heavy atom. The van der Waals surface area contributed by atoms with Crippen molar-refractivity contribution in [1.29, 1.82) is 0 Å². The first-order chi connectivity index (χ1) is 11.0. The van der Waals surface area contributed by atoms with Crippen molar-refractivity contribution < 1.29 is 9.59 Å². The van der Waals surface area contributed by atoms with E-state index >= 15 is 0 Å². The SMILES string of the molecule is NCc1cccc(CNC(=O)C(=O)Nc2cc(Cl)ccc2Cl)c1. The summed E-state index contributed by atoms with van der Waals surface area (Å²) in [6.07, 6.45) is 0. The fraction of sp³-hybridized carbons (Fsp3) is 0.125. The van der Waals surface area contributed by atoms with E-state index in [0.29, 0.717) is 16.6 Å². The number of halogens is 2. The Bertz CT molecular complexity index is 735. The molecule has 4 N–H and O–H groups in total. The van der Waals surface area contributed by atoms with E-state index < -0.39 is 11.8 Å². The molecule has 23 heavy (non-hydrogen) atoms. The lowest BCUT2D eigenvalue weighted by molar-refractivity contribution is -0.136. The molecule has 0 spiro atoms. The molecule has 5 nitrogen and oxygen atoms in total. The molecule has 0 radical (unpaired) electrons. The van der Waals surface area contributed by atoms with E-state index in [0.717, 1.165) is 11.1 Å². The third-order valence-corrected chi connectivity index (χ3v) is 3.63. The number of nitrogens with one attached hydrogen (secondary N) is 2. The minimum Gasteiger partial charge on any atom is -0.344 e. The van der Waals surface area contributed by atoms with E-state index in [1.165, 1.54) is 12.1 Å². The average molecular weight is 352 g/mol. The van der Waals surface area contributed by atoms with Crippen LogP contribution in [0.4, 0.5) is 5.69 Å². The molecule has 0 saturated heterocycles. The number of hydrogen-bond donors (Lipinski definition) is 3. The van der Waals surface area contributed by atoms with Crippen LogP contribution in [0.1, 0.15) is 11.1 Å². The molecule has 0 bridgehead atoms. The fourth-order valence-electron chi connectivity index (χ4n) is 1.90. The van der Waals surface area contributed by atoms with E-state index in [9.17, 15) is 9.59 Å². The molecule has 0 aliphatic carbocycles. The number of benzene rings is 2. The summed E-state index contributed by atoms with van der Waals surface area (Å²) in [5.74, 6) is -1.58. The Morgan fingerprint density at radius 3 is 2.48 bits per heavy atom. The van der Waals surface area contributed by atoms with E-state index in [4.69, 9.17) is 28.9 Å². The van der Waals surface area contributed by atoms with Crippen molar-refractivity contribution in [3.63, 3.8) is 0 Å². The van der Waals surface area contributed by atoms with Crippen LogP contribution in [0.3, 0.4) is 0 Å². The van der Waals surface area contributed by atoms with Gasteiger partial charge in [0.25, 0.3) is 0 Å². The maximum absolute atomic E-state index is 11.9. The smallest absolute Gasteiger partial charge is 0.313 e. The number of hydrogen-bond acceptors (Lipinski definition) is 3. The first-order valence-electron chi connectivity index (χ1n) is 6.81. The van der Waals surface area contributed by atoms with Gasteiger partial charge in [0.1, 0.15) is 0 Å². The van der Waals surface area contributed by atoms with Crippen molar-refractivity contribution in [2.45, 2.75) is 13.1 Å². The zero-order valence-corrected chi connectivity index (χ0v) is 13.6. The highest BCUT2D eigenvalue weighted by Gasteiger charge is 2.15. The molecule has 0 atom stereocenters. The molecule has 7 heteroatoms. The lowest BCUT2D eigenvalue weighted by atomic mass is 10.1. The highest BCUT2D eigenvalue weighted by Crippen LogP contribution is 2.25. The second kappa shape index (κ2) is 7.97. The van der Waals surface area contributed by atoms with Crippen molar-refractivity contribution in [1.82, 2.24) is 5.32 Å². The summed E-state index contributed by atoms with van der Waals surface area (Å²) in [6.45, 7) is 0.638. The van der Waals surface area contributed by atoms with Gasteiger partial charge < -0.3 is 16.4 Å². The van der Waals surface area contributed by atoms with Crippen LogP contribution in [-0.4, -0.2) is 11.8 Å². The summed E-state index contributed by atoms with van der Waals surface area (Å²) in [6, 6.07) is 12.0. The fourth-order valence-corrected chi connectivity index (χ4v) is 2.24. The Hall–Kier alpha value is -2.08. The lowest BCUT2D eigenvalue weighted by Gasteiger charge is -2.09. The number of amides is 2. The molecule has 2 rings (SSSR count). The second-order valence-electron chi connectivity index (χ2n) is 4.79. The van der Waals surface area contributed by atoms with Crippen molar-refractivity contribution >= 4 is 40.7 Å². The van der Waals surface area contributed by atoms with Gasteiger partial charge in [-0.2, -0.15) is 0 Å². The van der Waals surface area contributed by atoms with Crippen LogP contribution < -0.4 is 16.4 Å².